The molecule has 0 atom stereocenters. The summed E-state index contributed by atoms with van der Waals surface area (Å²) in [6, 6.07) is 12.7. The fraction of sp³-hybridized carbons (Fsp3) is 0.167. The SMILES string of the molecule is O=C(CCNS(=O)(=O)/C=C/c1ccccc1)Nc1ccc2c(c1)OC(F)(F)O2. The number of fused-ring (bicyclic) bond motifs is 1. The first-order valence-corrected chi connectivity index (χ1v) is 9.70. The molecule has 10 heteroatoms. The highest BCUT2D eigenvalue weighted by Gasteiger charge is 2.43. The van der Waals surface area contributed by atoms with Gasteiger partial charge in [-0.3, -0.25) is 4.79 Å². The van der Waals surface area contributed by atoms with Crippen LogP contribution in [0, 0.1) is 0 Å². The van der Waals surface area contributed by atoms with Crippen LogP contribution in [0.3, 0.4) is 0 Å². The first-order valence-electron chi connectivity index (χ1n) is 8.15. The molecule has 0 fully saturated rings. The monoisotopic (exact) mass is 410 g/mol. The van der Waals surface area contributed by atoms with E-state index < -0.39 is 22.2 Å². The van der Waals surface area contributed by atoms with Crippen LogP contribution in [0.4, 0.5) is 14.5 Å². The number of halogens is 2. The van der Waals surface area contributed by atoms with Gasteiger partial charge in [-0.2, -0.15) is 0 Å². The Balaban J connectivity index is 1.48. The number of hydrogen-bond acceptors (Lipinski definition) is 5. The Labute approximate surface area is 160 Å². The van der Waals surface area contributed by atoms with Gasteiger partial charge in [-0.15, -0.1) is 8.78 Å². The minimum Gasteiger partial charge on any atom is -0.395 e. The van der Waals surface area contributed by atoms with Crippen LogP contribution in [0.5, 0.6) is 11.5 Å². The summed E-state index contributed by atoms with van der Waals surface area (Å²) in [6.07, 6.45) is -2.45. The number of carbonyl (C=O) groups excluding carboxylic acids is 1. The minimum atomic E-state index is -3.74. The van der Waals surface area contributed by atoms with Crippen LogP contribution in [0.1, 0.15) is 12.0 Å². The molecule has 0 radical (unpaired) electrons. The summed E-state index contributed by atoms with van der Waals surface area (Å²) in [7, 11) is -3.70. The first kappa shape index (κ1) is 19.8. The predicted molar refractivity (Wildman–Crippen MR) is 98.3 cm³/mol. The minimum absolute atomic E-state index is 0.129. The van der Waals surface area contributed by atoms with Crippen LogP contribution in [0.25, 0.3) is 6.08 Å². The van der Waals surface area contributed by atoms with E-state index in [1.807, 2.05) is 6.07 Å². The summed E-state index contributed by atoms with van der Waals surface area (Å²) in [5.41, 5.74) is 0.941. The molecule has 0 aliphatic carbocycles. The summed E-state index contributed by atoms with van der Waals surface area (Å²) >= 11 is 0. The van der Waals surface area contributed by atoms with Crippen molar-refractivity contribution in [2.75, 3.05) is 11.9 Å². The lowest BCUT2D eigenvalue weighted by Gasteiger charge is -2.06. The molecule has 0 saturated carbocycles. The lowest BCUT2D eigenvalue weighted by molar-refractivity contribution is -0.286. The number of sulfonamides is 1. The third kappa shape index (κ3) is 5.51. The molecule has 0 saturated heterocycles. The molecule has 0 spiro atoms. The molecule has 1 amide bonds. The number of anilines is 1. The molecule has 1 heterocycles. The maximum Gasteiger partial charge on any atom is 0.586 e. The number of hydrogen-bond donors (Lipinski definition) is 2. The molecule has 1 aliphatic heterocycles. The lowest BCUT2D eigenvalue weighted by Crippen LogP contribution is -2.26. The largest absolute Gasteiger partial charge is 0.586 e. The third-order valence-corrected chi connectivity index (χ3v) is 4.68. The Hall–Kier alpha value is -2.98. The van der Waals surface area contributed by atoms with Gasteiger partial charge in [-0.05, 0) is 23.8 Å². The van der Waals surface area contributed by atoms with E-state index in [1.54, 1.807) is 24.3 Å². The molecule has 2 N–H and O–H groups in total. The average Bonchev–Trinajstić information content (AvgIpc) is 2.94. The Kier molecular flexibility index (Phi) is 5.61. The summed E-state index contributed by atoms with van der Waals surface area (Å²) in [6.45, 7) is -0.129. The topological polar surface area (TPSA) is 93.7 Å². The molecule has 0 aromatic heterocycles. The molecule has 0 unspecified atom stereocenters. The molecule has 2 aromatic rings. The summed E-state index contributed by atoms with van der Waals surface area (Å²) in [4.78, 5) is 11.9. The highest BCUT2D eigenvalue weighted by molar-refractivity contribution is 7.92. The normalized spacial score (nSPS) is 14.9. The quantitative estimate of drug-likeness (QED) is 0.732. The highest BCUT2D eigenvalue weighted by Crippen LogP contribution is 2.42. The number of ether oxygens (including phenoxy) is 2. The first-order chi connectivity index (χ1) is 13.2. The number of nitrogens with one attached hydrogen (secondary N) is 2. The van der Waals surface area contributed by atoms with Crippen molar-refractivity contribution in [1.29, 1.82) is 0 Å². The van der Waals surface area contributed by atoms with Crippen molar-refractivity contribution in [2.45, 2.75) is 12.7 Å². The Bertz CT molecular complexity index is 994. The summed E-state index contributed by atoms with van der Waals surface area (Å²) in [5.74, 6) is -0.837. The lowest BCUT2D eigenvalue weighted by atomic mass is 10.2. The van der Waals surface area contributed by atoms with Gasteiger partial charge in [0.15, 0.2) is 11.5 Å². The standard InChI is InChI=1S/C18H16F2N2O5S/c19-18(20)26-15-7-6-14(12-16(15)27-18)22-17(23)8-10-21-28(24,25)11-9-13-4-2-1-3-5-13/h1-7,9,11-12,21H,8,10H2,(H,22,23)/b11-9+. The van der Waals surface area contributed by atoms with Crippen molar-refractivity contribution in [2.24, 2.45) is 0 Å². The molecule has 2 aromatic carbocycles. The molecule has 28 heavy (non-hydrogen) atoms. The predicted octanol–water partition coefficient (Wildman–Crippen LogP) is 2.93. The number of amides is 1. The van der Waals surface area contributed by atoms with E-state index in [2.05, 4.69) is 19.5 Å². The second-order valence-electron chi connectivity index (χ2n) is 5.78. The van der Waals surface area contributed by atoms with Crippen molar-refractivity contribution < 1.29 is 31.5 Å². The van der Waals surface area contributed by atoms with E-state index in [1.165, 1.54) is 24.3 Å². The van der Waals surface area contributed by atoms with Crippen LogP contribution in [-0.4, -0.2) is 27.2 Å². The maximum atomic E-state index is 13.0. The van der Waals surface area contributed by atoms with Crippen molar-refractivity contribution >= 4 is 27.7 Å². The Morgan fingerprint density at radius 3 is 2.54 bits per heavy atom. The number of alkyl halides is 2. The van der Waals surface area contributed by atoms with E-state index in [-0.39, 0.29) is 30.2 Å². The number of benzene rings is 2. The smallest absolute Gasteiger partial charge is 0.395 e. The maximum absolute atomic E-state index is 13.0. The highest BCUT2D eigenvalue weighted by atomic mass is 32.2. The molecule has 3 rings (SSSR count). The van der Waals surface area contributed by atoms with Crippen LogP contribution in [-0.2, 0) is 14.8 Å². The summed E-state index contributed by atoms with van der Waals surface area (Å²) < 4.78 is 60.6. The second kappa shape index (κ2) is 7.95. The van der Waals surface area contributed by atoms with Crippen LogP contribution >= 0.6 is 0 Å². The fourth-order valence-corrected chi connectivity index (χ4v) is 3.16. The van der Waals surface area contributed by atoms with E-state index in [9.17, 15) is 22.0 Å². The van der Waals surface area contributed by atoms with Gasteiger partial charge in [-0.1, -0.05) is 30.3 Å². The Morgan fingerprint density at radius 1 is 1.07 bits per heavy atom. The van der Waals surface area contributed by atoms with Crippen molar-refractivity contribution in [1.82, 2.24) is 4.72 Å². The number of rotatable bonds is 7. The van der Waals surface area contributed by atoms with Crippen LogP contribution < -0.4 is 19.5 Å². The molecule has 7 nitrogen and oxygen atoms in total. The Morgan fingerprint density at radius 2 is 1.79 bits per heavy atom. The fourth-order valence-electron chi connectivity index (χ4n) is 2.34. The molecule has 148 valence electrons. The van der Waals surface area contributed by atoms with E-state index in [0.29, 0.717) is 0 Å². The molecule has 1 aliphatic rings. The zero-order valence-corrected chi connectivity index (χ0v) is 15.2. The molecular weight excluding hydrogens is 394 g/mol. The zero-order valence-electron chi connectivity index (χ0n) is 14.4. The van der Waals surface area contributed by atoms with Crippen molar-refractivity contribution in [3.8, 4) is 11.5 Å². The van der Waals surface area contributed by atoms with E-state index >= 15 is 0 Å². The average molecular weight is 410 g/mol. The van der Waals surface area contributed by atoms with Gasteiger partial charge in [0.1, 0.15) is 0 Å². The molecular formula is C18H16F2N2O5S. The molecule has 0 bridgehead atoms. The van der Waals surface area contributed by atoms with E-state index in [0.717, 1.165) is 11.0 Å². The van der Waals surface area contributed by atoms with Gasteiger partial charge >= 0.3 is 6.29 Å². The van der Waals surface area contributed by atoms with Crippen molar-refractivity contribution in [3.05, 3.63) is 59.5 Å². The number of carbonyl (C=O) groups is 1. The van der Waals surface area contributed by atoms with Gasteiger partial charge in [-0.25, -0.2) is 13.1 Å². The zero-order chi connectivity index (χ0) is 20.2. The summed E-state index contributed by atoms with van der Waals surface area (Å²) in [5, 5.41) is 3.48. The van der Waals surface area contributed by atoms with Gasteiger partial charge in [0.25, 0.3) is 0 Å². The second-order valence-corrected chi connectivity index (χ2v) is 7.43. The van der Waals surface area contributed by atoms with E-state index in [4.69, 9.17) is 0 Å². The van der Waals surface area contributed by atoms with Crippen molar-refractivity contribution in [3.63, 3.8) is 0 Å². The van der Waals surface area contributed by atoms with Gasteiger partial charge < -0.3 is 14.8 Å². The van der Waals surface area contributed by atoms with Gasteiger partial charge in [0, 0.05) is 30.1 Å². The van der Waals surface area contributed by atoms with Crippen LogP contribution in [0.2, 0.25) is 0 Å². The third-order valence-electron chi connectivity index (χ3n) is 3.58. The van der Waals surface area contributed by atoms with Crippen LogP contribution in [0.15, 0.2) is 53.9 Å². The van der Waals surface area contributed by atoms with Gasteiger partial charge in [0.05, 0.1) is 0 Å². The van der Waals surface area contributed by atoms with Gasteiger partial charge in [0.2, 0.25) is 15.9 Å².